The van der Waals surface area contributed by atoms with Crippen LogP contribution in [0.5, 0.6) is 0 Å². The molecule has 1 unspecified atom stereocenters. The minimum atomic E-state index is 0.600. The average Bonchev–Trinajstić information content (AvgIpc) is 2.61. The number of rotatable bonds is 7. The van der Waals surface area contributed by atoms with E-state index in [2.05, 4.69) is 30.3 Å². The average molecular weight is 227 g/mol. The van der Waals surface area contributed by atoms with Crippen molar-refractivity contribution in [1.82, 2.24) is 15.1 Å². The standard InChI is InChI=1S/C11H21N3S/c1-4-15-9-10(2)12-7-5-11-6-8-13-14(11)3/h6,8,10,12H,4-5,7,9H2,1-3H3. The van der Waals surface area contributed by atoms with Crippen molar-refractivity contribution >= 4 is 11.8 Å². The Bertz CT molecular complexity index is 273. The highest BCUT2D eigenvalue weighted by Crippen LogP contribution is 2.01. The molecule has 3 nitrogen and oxygen atoms in total. The fourth-order valence-corrected chi connectivity index (χ4v) is 2.15. The highest BCUT2D eigenvalue weighted by Gasteiger charge is 2.02. The molecule has 1 aromatic rings. The second-order valence-electron chi connectivity index (χ2n) is 3.71. The molecule has 0 radical (unpaired) electrons. The molecule has 0 aliphatic rings. The minimum absolute atomic E-state index is 0.600. The van der Waals surface area contributed by atoms with E-state index < -0.39 is 0 Å². The molecule has 1 heterocycles. The van der Waals surface area contributed by atoms with Crippen LogP contribution < -0.4 is 5.32 Å². The van der Waals surface area contributed by atoms with E-state index in [4.69, 9.17) is 0 Å². The molecule has 0 saturated carbocycles. The van der Waals surface area contributed by atoms with Crippen LogP contribution in [0.4, 0.5) is 0 Å². The van der Waals surface area contributed by atoms with E-state index in [1.165, 1.54) is 17.2 Å². The van der Waals surface area contributed by atoms with E-state index in [0.29, 0.717) is 6.04 Å². The maximum atomic E-state index is 4.15. The Morgan fingerprint density at radius 1 is 1.60 bits per heavy atom. The quantitative estimate of drug-likeness (QED) is 0.769. The maximum absolute atomic E-state index is 4.15. The molecule has 4 heteroatoms. The summed E-state index contributed by atoms with van der Waals surface area (Å²) in [6.07, 6.45) is 2.91. The molecule has 86 valence electrons. The molecule has 1 atom stereocenters. The fourth-order valence-electron chi connectivity index (χ4n) is 1.45. The predicted octanol–water partition coefficient (Wildman–Crippen LogP) is 1.69. The van der Waals surface area contributed by atoms with Gasteiger partial charge in [0, 0.05) is 43.7 Å². The van der Waals surface area contributed by atoms with Gasteiger partial charge >= 0.3 is 0 Å². The highest BCUT2D eigenvalue weighted by molar-refractivity contribution is 7.99. The number of hydrogen-bond acceptors (Lipinski definition) is 3. The topological polar surface area (TPSA) is 29.9 Å². The number of nitrogens with zero attached hydrogens (tertiary/aromatic N) is 2. The lowest BCUT2D eigenvalue weighted by Gasteiger charge is -2.12. The van der Waals surface area contributed by atoms with Crippen molar-refractivity contribution in [3.63, 3.8) is 0 Å². The second kappa shape index (κ2) is 6.90. The molecule has 15 heavy (non-hydrogen) atoms. The van der Waals surface area contributed by atoms with E-state index in [-0.39, 0.29) is 0 Å². The monoisotopic (exact) mass is 227 g/mol. The van der Waals surface area contributed by atoms with Crippen LogP contribution >= 0.6 is 11.8 Å². The summed E-state index contributed by atoms with van der Waals surface area (Å²) in [7, 11) is 1.99. The van der Waals surface area contributed by atoms with Gasteiger partial charge in [-0.25, -0.2) is 0 Å². The van der Waals surface area contributed by atoms with E-state index >= 15 is 0 Å². The number of aryl methyl sites for hydroxylation is 1. The third-order valence-electron chi connectivity index (χ3n) is 2.37. The third kappa shape index (κ3) is 4.71. The summed E-state index contributed by atoms with van der Waals surface area (Å²) < 4.78 is 1.94. The zero-order valence-electron chi connectivity index (χ0n) is 9.86. The van der Waals surface area contributed by atoms with Crippen molar-refractivity contribution in [1.29, 1.82) is 0 Å². The lowest BCUT2D eigenvalue weighted by atomic mass is 10.3. The first-order chi connectivity index (χ1) is 7.24. The Morgan fingerprint density at radius 3 is 3.00 bits per heavy atom. The fraction of sp³-hybridized carbons (Fsp3) is 0.727. The second-order valence-corrected chi connectivity index (χ2v) is 5.03. The molecule has 0 saturated heterocycles. The molecule has 0 bridgehead atoms. The van der Waals surface area contributed by atoms with Gasteiger partial charge in [0.1, 0.15) is 0 Å². The zero-order chi connectivity index (χ0) is 11.1. The Hall–Kier alpha value is -0.480. The predicted molar refractivity (Wildman–Crippen MR) is 67.4 cm³/mol. The van der Waals surface area contributed by atoms with Crippen LogP contribution in [-0.4, -0.2) is 33.9 Å². The van der Waals surface area contributed by atoms with E-state index in [1.807, 2.05) is 29.7 Å². The van der Waals surface area contributed by atoms with Gasteiger partial charge in [0.15, 0.2) is 0 Å². The molecule has 1 aromatic heterocycles. The van der Waals surface area contributed by atoms with Crippen molar-refractivity contribution in [3.8, 4) is 0 Å². The SMILES string of the molecule is CCSCC(C)NCCc1ccnn1C. The first kappa shape index (κ1) is 12.6. The summed E-state index contributed by atoms with van der Waals surface area (Å²) >= 11 is 1.99. The van der Waals surface area contributed by atoms with Crippen LogP contribution in [0.25, 0.3) is 0 Å². The highest BCUT2D eigenvalue weighted by atomic mass is 32.2. The van der Waals surface area contributed by atoms with Crippen molar-refractivity contribution in [3.05, 3.63) is 18.0 Å². The number of nitrogens with one attached hydrogen (secondary N) is 1. The minimum Gasteiger partial charge on any atom is -0.313 e. The van der Waals surface area contributed by atoms with Crippen molar-refractivity contribution in [2.45, 2.75) is 26.3 Å². The molecule has 0 aromatic carbocycles. The molecule has 0 spiro atoms. The molecule has 0 aliphatic heterocycles. The summed E-state index contributed by atoms with van der Waals surface area (Å²) in [5.41, 5.74) is 1.29. The van der Waals surface area contributed by atoms with E-state index in [0.717, 1.165) is 13.0 Å². The summed E-state index contributed by atoms with van der Waals surface area (Å²) in [6.45, 7) is 5.48. The van der Waals surface area contributed by atoms with Gasteiger partial charge in [-0.15, -0.1) is 0 Å². The Kier molecular flexibility index (Phi) is 5.79. The van der Waals surface area contributed by atoms with Crippen molar-refractivity contribution < 1.29 is 0 Å². The first-order valence-electron chi connectivity index (χ1n) is 5.52. The van der Waals surface area contributed by atoms with Crippen molar-refractivity contribution in [2.24, 2.45) is 7.05 Å². The van der Waals surface area contributed by atoms with E-state index in [1.54, 1.807) is 0 Å². The van der Waals surface area contributed by atoms with Gasteiger partial charge in [-0.3, -0.25) is 4.68 Å². The van der Waals surface area contributed by atoms with Crippen LogP contribution in [0.3, 0.4) is 0 Å². The van der Waals surface area contributed by atoms with Gasteiger partial charge in [-0.2, -0.15) is 16.9 Å². The van der Waals surface area contributed by atoms with E-state index in [9.17, 15) is 0 Å². The molecule has 0 fully saturated rings. The van der Waals surface area contributed by atoms with Gasteiger partial charge in [-0.1, -0.05) is 6.92 Å². The lowest BCUT2D eigenvalue weighted by molar-refractivity contribution is 0.581. The van der Waals surface area contributed by atoms with Gasteiger partial charge in [-0.05, 0) is 18.7 Å². The lowest BCUT2D eigenvalue weighted by Crippen LogP contribution is -2.30. The molecular weight excluding hydrogens is 206 g/mol. The molecule has 1 N–H and O–H groups in total. The summed E-state index contributed by atoms with van der Waals surface area (Å²) in [5, 5.41) is 7.67. The smallest absolute Gasteiger partial charge is 0.0492 e. The Morgan fingerprint density at radius 2 is 2.40 bits per heavy atom. The van der Waals surface area contributed by atoms with Crippen LogP contribution in [0.2, 0.25) is 0 Å². The van der Waals surface area contributed by atoms with Crippen LogP contribution in [0.1, 0.15) is 19.5 Å². The maximum Gasteiger partial charge on any atom is 0.0492 e. The normalized spacial score (nSPS) is 13.0. The van der Waals surface area contributed by atoms with Gasteiger partial charge in [0.25, 0.3) is 0 Å². The summed E-state index contributed by atoms with van der Waals surface area (Å²) in [6, 6.07) is 2.68. The molecule has 1 rings (SSSR count). The zero-order valence-corrected chi connectivity index (χ0v) is 10.7. The third-order valence-corrected chi connectivity index (χ3v) is 3.51. The van der Waals surface area contributed by atoms with Crippen LogP contribution in [0.15, 0.2) is 12.3 Å². The molecular formula is C11H21N3S. The first-order valence-corrected chi connectivity index (χ1v) is 6.67. The number of hydrogen-bond donors (Lipinski definition) is 1. The van der Waals surface area contributed by atoms with Gasteiger partial charge in [0.2, 0.25) is 0 Å². The number of aromatic nitrogens is 2. The van der Waals surface area contributed by atoms with Gasteiger partial charge in [0.05, 0.1) is 0 Å². The largest absolute Gasteiger partial charge is 0.313 e. The Labute approximate surface area is 96.6 Å². The molecule has 0 aliphatic carbocycles. The van der Waals surface area contributed by atoms with Crippen molar-refractivity contribution in [2.75, 3.05) is 18.1 Å². The summed E-state index contributed by atoms with van der Waals surface area (Å²) in [5.74, 6) is 2.40. The summed E-state index contributed by atoms with van der Waals surface area (Å²) in [4.78, 5) is 0. The molecule has 0 amide bonds. The Balaban J connectivity index is 2.13. The van der Waals surface area contributed by atoms with Crippen LogP contribution in [0, 0.1) is 0 Å². The van der Waals surface area contributed by atoms with Gasteiger partial charge < -0.3 is 5.32 Å². The van der Waals surface area contributed by atoms with Crippen LogP contribution in [-0.2, 0) is 13.5 Å². The number of thioether (sulfide) groups is 1.